The zero-order valence-electron chi connectivity index (χ0n) is 12.0. The molecule has 1 N–H and O–H groups in total. The Bertz CT molecular complexity index is 381. The van der Waals surface area contributed by atoms with Crippen molar-refractivity contribution in [2.75, 3.05) is 0 Å². The van der Waals surface area contributed by atoms with Crippen LogP contribution in [0.4, 0.5) is 0 Å². The molecule has 0 radical (unpaired) electrons. The molecule has 0 spiro atoms. The van der Waals surface area contributed by atoms with Crippen LogP contribution in [0.3, 0.4) is 0 Å². The maximum atomic E-state index is 9.90. The van der Waals surface area contributed by atoms with E-state index >= 15 is 0 Å². The standard InChI is InChI=1S/C17H26O2/c1-2-3-7-12-17(13-8-4-9-14-17)19-16-11-6-5-10-15(16)18/h5-6,10-11,18H,2-4,7-9,12-14H2,1H3. The third-order valence-corrected chi connectivity index (χ3v) is 4.19. The number of phenols is 1. The first kappa shape index (κ1) is 14.2. The minimum atomic E-state index is -0.0355. The zero-order valence-corrected chi connectivity index (χ0v) is 12.0. The van der Waals surface area contributed by atoms with E-state index in [9.17, 15) is 5.11 Å². The third kappa shape index (κ3) is 3.89. The maximum absolute atomic E-state index is 9.90. The summed E-state index contributed by atoms with van der Waals surface area (Å²) in [6, 6.07) is 7.36. The van der Waals surface area contributed by atoms with E-state index in [1.807, 2.05) is 18.2 Å². The lowest BCUT2D eigenvalue weighted by atomic mass is 9.81. The lowest BCUT2D eigenvalue weighted by Crippen LogP contribution is -2.38. The van der Waals surface area contributed by atoms with Gasteiger partial charge >= 0.3 is 0 Å². The van der Waals surface area contributed by atoms with Crippen molar-refractivity contribution in [3.8, 4) is 11.5 Å². The Kier molecular flexibility index (Phi) is 5.12. The van der Waals surface area contributed by atoms with Crippen molar-refractivity contribution in [1.29, 1.82) is 0 Å². The summed E-state index contributed by atoms with van der Waals surface area (Å²) < 4.78 is 6.27. The van der Waals surface area contributed by atoms with Gasteiger partial charge in [-0.15, -0.1) is 0 Å². The molecule has 106 valence electrons. The van der Waals surface area contributed by atoms with Crippen molar-refractivity contribution < 1.29 is 9.84 Å². The Morgan fingerprint density at radius 3 is 2.53 bits per heavy atom. The van der Waals surface area contributed by atoms with Gasteiger partial charge < -0.3 is 9.84 Å². The number of rotatable bonds is 6. The molecule has 1 aliphatic rings. The molecular formula is C17H26O2. The molecule has 1 fully saturated rings. The molecule has 1 aromatic carbocycles. The van der Waals surface area contributed by atoms with Crippen LogP contribution < -0.4 is 4.74 Å². The van der Waals surface area contributed by atoms with Gasteiger partial charge in [0.05, 0.1) is 0 Å². The summed E-state index contributed by atoms with van der Waals surface area (Å²) in [4.78, 5) is 0. The van der Waals surface area contributed by atoms with Crippen LogP contribution in [0, 0.1) is 0 Å². The highest BCUT2D eigenvalue weighted by atomic mass is 16.5. The summed E-state index contributed by atoms with van der Waals surface area (Å²) in [6.45, 7) is 2.23. The average molecular weight is 262 g/mol. The van der Waals surface area contributed by atoms with Crippen LogP contribution in [-0.4, -0.2) is 10.7 Å². The fourth-order valence-corrected chi connectivity index (χ4v) is 3.07. The number of unbranched alkanes of at least 4 members (excludes halogenated alkanes) is 2. The fraction of sp³-hybridized carbons (Fsp3) is 0.647. The van der Waals surface area contributed by atoms with Gasteiger partial charge in [-0.25, -0.2) is 0 Å². The number of para-hydroxylation sites is 2. The summed E-state index contributed by atoms with van der Waals surface area (Å²) in [7, 11) is 0. The molecule has 0 aliphatic heterocycles. The Morgan fingerprint density at radius 2 is 1.84 bits per heavy atom. The van der Waals surface area contributed by atoms with E-state index in [0.29, 0.717) is 5.75 Å². The van der Waals surface area contributed by atoms with Crippen molar-refractivity contribution in [3.63, 3.8) is 0 Å². The number of phenolic OH excluding ortho intramolecular Hbond substituents is 1. The highest BCUT2D eigenvalue weighted by Gasteiger charge is 2.34. The topological polar surface area (TPSA) is 29.5 Å². The highest BCUT2D eigenvalue weighted by Crippen LogP contribution is 2.39. The Labute approximate surface area is 116 Å². The number of benzene rings is 1. The predicted octanol–water partition coefficient (Wildman–Crippen LogP) is 5.05. The van der Waals surface area contributed by atoms with E-state index in [1.165, 1.54) is 38.5 Å². The van der Waals surface area contributed by atoms with Crippen molar-refractivity contribution in [1.82, 2.24) is 0 Å². The van der Waals surface area contributed by atoms with Gasteiger partial charge in [0.25, 0.3) is 0 Å². The van der Waals surface area contributed by atoms with E-state index in [4.69, 9.17) is 4.74 Å². The van der Waals surface area contributed by atoms with Gasteiger partial charge in [-0.2, -0.15) is 0 Å². The second-order valence-electron chi connectivity index (χ2n) is 5.77. The molecule has 19 heavy (non-hydrogen) atoms. The maximum Gasteiger partial charge on any atom is 0.161 e. The molecule has 0 saturated heterocycles. The molecule has 0 amide bonds. The van der Waals surface area contributed by atoms with Crippen molar-refractivity contribution in [3.05, 3.63) is 24.3 Å². The predicted molar refractivity (Wildman–Crippen MR) is 78.7 cm³/mol. The molecular weight excluding hydrogens is 236 g/mol. The Balaban J connectivity index is 2.06. The van der Waals surface area contributed by atoms with Crippen molar-refractivity contribution in [2.24, 2.45) is 0 Å². The number of hydrogen-bond acceptors (Lipinski definition) is 2. The first-order chi connectivity index (χ1) is 9.26. The van der Waals surface area contributed by atoms with Crippen molar-refractivity contribution in [2.45, 2.75) is 70.3 Å². The molecule has 2 rings (SSSR count). The van der Waals surface area contributed by atoms with Crippen LogP contribution in [0.25, 0.3) is 0 Å². The Morgan fingerprint density at radius 1 is 1.11 bits per heavy atom. The highest BCUT2D eigenvalue weighted by molar-refractivity contribution is 5.38. The lowest BCUT2D eigenvalue weighted by Gasteiger charge is -2.38. The second-order valence-corrected chi connectivity index (χ2v) is 5.77. The quantitative estimate of drug-likeness (QED) is 0.726. The minimum Gasteiger partial charge on any atom is -0.504 e. The van der Waals surface area contributed by atoms with E-state index in [2.05, 4.69) is 6.92 Å². The van der Waals surface area contributed by atoms with Gasteiger partial charge in [0, 0.05) is 0 Å². The molecule has 0 aromatic heterocycles. The van der Waals surface area contributed by atoms with Crippen LogP contribution in [0.1, 0.15) is 64.7 Å². The van der Waals surface area contributed by atoms with Crippen LogP contribution in [0.15, 0.2) is 24.3 Å². The van der Waals surface area contributed by atoms with Crippen LogP contribution >= 0.6 is 0 Å². The summed E-state index contributed by atoms with van der Waals surface area (Å²) in [5, 5.41) is 9.90. The summed E-state index contributed by atoms with van der Waals surface area (Å²) in [6.07, 6.45) is 10.9. The molecule has 1 saturated carbocycles. The average Bonchev–Trinajstić information content (AvgIpc) is 2.43. The lowest BCUT2D eigenvalue weighted by molar-refractivity contribution is 0.0175. The van der Waals surface area contributed by atoms with Crippen LogP contribution in [-0.2, 0) is 0 Å². The first-order valence-electron chi connectivity index (χ1n) is 7.73. The van der Waals surface area contributed by atoms with Crippen LogP contribution in [0.5, 0.6) is 11.5 Å². The van der Waals surface area contributed by atoms with E-state index in [0.717, 1.165) is 19.3 Å². The summed E-state index contributed by atoms with van der Waals surface area (Å²) in [5.74, 6) is 0.920. The third-order valence-electron chi connectivity index (χ3n) is 4.19. The molecule has 0 atom stereocenters. The SMILES string of the molecule is CCCCCC1(Oc2ccccc2O)CCCCC1. The van der Waals surface area contributed by atoms with Gasteiger partial charge in [0.1, 0.15) is 5.60 Å². The monoisotopic (exact) mass is 262 g/mol. The normalized spacial score (nSPS) is 18.2. The van der Waals surface area contributed by atoms with E-state index in [-0.39, 0.29) is 11.4 Å². The van der Waals surface area contributed by atoms with Gasteiger partial charge in [-0.3, -0.25) is 0 Å². The molecule has 0 bridgehead atoms. The molecule has 1 aliphatic carbocycles. The van der Waals surface area contributed by atoms with Gasteiger partial charge in [-0.05, 0) is 50.7 Å². The minimum absolute atomic E-state index is 0.0355. The molecule has 1 aromatic rings. The van der Waals surface area contributed by atoms with E-state index < -0.39 is 0 Å². The molecule has 0 unspecified atom stereocenters. The fourth-order valence-electron chi connectivity index (χ4n) is 3.07. The van der Waals surface area contributed by atoms with Crippen molar-refractivity contribution >= 4 is 0 Å². The summed E-state index contributed by atoms with van der Waals surface area (Å²) >= 11 is 0. The summed E-state index contributed by atoms with van der Waals surface area (Å²) in [5.41, 5.74) is -0.0355. The van der Waals surface area contributed by atoms with Crippen LogP contribution in [0.2, 0.25) is 0 Å². The molecule has 0 heterocycles. The Hall–Kier alpha value is -1.18. The smallest absolute Gasteiger partial charge is 0.161 e. The van der Waals surface area contributed by atoms with Gasteiger partial charge in [-0.1, -0.05) is 38.3 Å². The van der Waals surface area contributed by atoms with E-state index in [1.54, 1.807) is 6.07 Å². The number of ether oxygens (including phenoxy) is 1. The number of hydrogen-bond donors (Lipinski definition) is 1. The largest absolute Gasteiger partial charge is 0.504 e. The van der Waals surface area contributed by atoms with Gasteiger partial charge in [0.2, 0.25) is 0 Å². The molecule has 2 nitrogen and oxygen atoms in total. The number of aromatic hydroxyl groups is 1. The first-order valence-corrected chi connectivity index (χ1v) is 7.73. The van der Waals surface area contributed by atoms with Gasteiger partial charge in [0.15, 0.2) is 11.5 Å². The zero-order chi connectivity index (χ0) is 13.6. The molecule has 2 heteroatoms. The second kappa shape index (κ2) is 6.83.